The maximum Gasteiger partial charge on any atom is 0.274 e. The van der Waals surface area contributed by atoms with Gasteiger partial charge in [-0.05, 0) is 23.8 Å². The molecule has 0 radical (unpaired) electrons. The topological polar surface area (TPSA) is 78.4 Å². The highest BCUT2D eigenvalue weighted by Gasteiger charge is 2.22. The molecule has 1 N–H and O–H groups in total. The molecule has 0 aliphatic carbocycles. The number of nitrogens with one attached hydrogen (secondary N) is 1. The van der Waals surface area contributed by atoms with Gasteiger partial charge in [-0.2, -0.15) is 0 Å². The summed E-state index contributed by atoms with van der Waals surface area (Å²) in [5.74, 6) is 0.401. The predicted molar refractivity (Wildman–Crippen MR) is 94.4 cm³/mol. The molecule has 2 aromatic rings. The maximum atomic E-state index is 12.4. The average Bonchev–Trinajstić information content (AvgIpc) is 2.67. The van der Waals surface area contributed by atoms with E-state index in [1.165, 1.54) is 0 Å². The van der Waals surface area contributed by atoms with Crippen molar-refractivity contribution in [1.82, 2.24) is 20.0 Å². The van der Waals surface area contributed by atoms with Gasteiger partial charge >= 0.3 is 0 Å². The van der Waals surface area contributed by atoms with Crippen LogP contribution in [0.2, 0.25) is 5.02 Å². The molecule has 0 atom stereocenters. The van der Waals surface area contributed by atoms with Crippen molar-refractivity contribution in [3.8, 4) is 0 Å². The number of amides is 2. The summed E-state index contributed by atoms with van der Waals surface area (Å²) in [5.41, 5.74) is 1.25. The summed E-state index contributed by atoms with van der Waals surface area (Å²) in [5, 5.41) is 11.9. The van der Waals surface area contributed by atoms with Gasteiger partial charge in [-0.1, -0.05) is 29.8 Å². The highest BCUT2D eigenvalue weighted by molar-refractivity contribution is 6.31. The maximum absolute atomic E-state index is 12.4. The van der Waals surface area contributed by atoms with Gasteiger partial charge in [-0.25, -0.2) is 0 Å². The van der Waals surface area contributed by atoms with Crippen LogP contribution in [0, 0.1) is 0 Å². The van der Waals surface area contributed by atoms with Crippen LogP contribution in [0.25, 0.3) is 0 Å². The summed E-state index contributed by atoms with van der Waals surface area (Å²) in [4.78, 5) is 26.5. The van der Waals surface area contributed by atoms with E-state index in [-0.39, 0.29) is 5.91 Å². The van der Waals surface area contributed by atoms with E-state index in [0.717, 1.165) is 12.0 Å². The standard InChI is InChI=1S/C17H18ClN5O2/c18-14-4-2-1-3-13(14)11-19-16-6-5-15(20-21-16)17(25)23-9-7-22(12-24)8-10-23/h1-6,12H,7-11H2,(H,19,21). The number of hydrogen-bond donors (Lipinski definition) is 1. The van der Waals surface area contributed by atoms with Gasteiger partial charge in [0.2, 0.25) is 6.41 Å². The van der Waals surface area contributed by atoms with E-state index >= 15 is 0 Å². The minimum absolute atomic E-state index is 0.171. The molecule has 1 aliphatic heterocycles. The van der Waals surface area contributed by atoms with Crippen molar-refractivity contribution < 1.29 is 9.59 Å². The SMILES string of the molecule is O=CN1CCN(C(=O)c2ccc(NCc3ccccc3Cl)nn2)CC1. The average molecular weight is 360 g/mol. The van der Waals surface area contributed by atoms with Crippen molar-refractivity contribution in [3.63, 3.8) is 0 Å². The Balaban J connectivity index is 1.57. The number of carbonyl (C=O) groups excluding carboxylic acids is 2. The zero-order chi connectivity index (χ0) is 17.6. The Kier molecular flexibility index (Phi) is 5.45. The van der Waals surface area contributed by atoms with Crippen LogP contribution < -0.4 is 5.32 Å². The number of halogens is 1. The molecule has 25 heavy (non-hydrogen) atoms. The van der Waals surface area contributed by atoms with E-state index in [9.17, 15) is 9.59 Å². The first kappa shape index (κ1) is 17.2. The van der Waals surface area contributed by atoms with Crippen LogP contribution >= 0.6 is 11.6 Å². The largest absolute Gasteiger partial charge is 0.364 e. The Morgan fingerprint density at radius 1 is 1.12 bits per heavy atom. The third-order valence-corrected chi connectivity index (χ3v) is 4.42. The van der Waals surface area contributed by atoms with Crippen LogP contribution in [-0.2, 0) is 11.3 Å². The number of piperazine rings is 1. The predicted octanol–water partition coefficient (Wildman–Crippen LogP) is 1.66. The van der Waals surface area contributed by atoms with Crippen LogP contribution in [0.5, 0.6) is 0 Å². The zero-order valence-electron chi connectivity index (χ0n) is 13.6. The van der Waals surface area contributed by atoms with Crippen molar-refractivity contribution in [2.45, 2.75) is 6.54 Å². The molecule has 0 bridgehead atoms. The Morgan fingerprint density at radius 2 is 1.88 bits per heavy atom. The molecular weight excluding hydrogens is 342 g/mol. The third-order valence-electron chi connectivity index (χ3n) is 4.05. The molecule has 3 rings (SSSR count). The minimum Gasteiger partial charge on any atom is -0.364 e. The van der Waals surface area contributed by atoms with Gasteiger partial charge < -0.3 is 15.1 Å². The number of aromatic nitrogens is 2. The fraction of sp³-hybridized carbons (Fsp3) is 0.294. The van der Waals surface area contributed by atoms with Gasteiger partial charge in [0.1, 0.15) is 5.82 Å². The molecule has 1 aromatic heterocycles. The van der Waals surface area contributed by atoms with E-state index in [2.05, 4.69) is 15.5 Å². The molecule has 0 unspecified atom stereocenters. The number of hydrogen-bond acceptors (Lipinski definition) is 5. The lowest BCUT2D eigenvalue weighted by atomic mass is 10.2. The fourth-order valence-corrected chi connectivity index (χ4v) is 2.76. The Hall–Kier alpha value is -2.67. The Bertz CT molecular complexity index is 745. The highest BCUT2D eigenvalue weighted by Crippen LogP contribution is 2.16. The third kappa shape index (κ3) is 4.24. The van der Waals surface area contributed by atoms with Crippen LogP contribution in [0.4, 0.5) is 5.82 Å². The van der Waals surface area contributed by atoms with Crippen molar-refractivity contribution >= 4 is 29.7 Å². The molecule has 1 aliphatic rings. The van der Waals surface area contributed by atoms with E-state index in [1.807, 2.05) is 24.3 Å². The normalized spacial score (nSPS) is 14.3. The lowest BCUT2D eigenvalue weighted by molar-refractivity contribution is -0.119. The van der Waals surface area contributed by atoms with Crippen molar-refractivity contribution in [2.75, 3.05) is 31.5 Å². The smallest absolute Gasteiger partial charge is 0.274 e. The highest BCUT2D eigenvalue weighted by atomic mass is 35.5. The first-order valence-corrected chi connectivity index (χ1v) is 8.35. The number of benzene rings is 1. The van der Waals surface area contributed by atoms with E-state index < -0.39 is 0 Å². The molecule has 7 nitrogen and oxygen atoms in total. The summed E-state index contributed by atoms with van der Waals surface area (Å²) in [6, 6.07) is 10.9. The molecule has 130 valence electrons. The quantitative estimate of drug-likeness (QED) is 0.821. The first-order chi connectivity index (χ1) is 12.2. The molecule has 2 heterocycles. The summed E-state index contributed by atoms with van der Waals surface area (Å²) < 4.78 is 0. The van der Waals surface area contributed by atoms with Crippen molar-refractivity contribution in [3.05, 3.63) is 52.7 Å². The number of carbonyl (C=O) groups is 2. The molecule has 1 fully saturated rings. The van der Waals surface area contributed by atoms with E-state index in [4.69, 9.17) is 11.6 Å². The van der Waals surface area contributed by atoms with Gasteiger partial charge in [0.15, 0.2) is 5.69 Å². The van der Waals surface area contributed by atoms with E-state index in [1.54, 1.807) is 21.9 Å². The van der Waals surface area contributed by atoms with Crippen LogP contribution in [0.1, 0.15) is 16.1 Å². The second kappa shape index (κ2) is 7.94. The number of rotatable bonds is 5. The Labute approximate surface area is 150 Å². The lowest BCUT2D eigenvalue weighted by Gasteiger charge is -2.32. The molecule has 0 saturated carbocycles. The number of nitrogens with zero attached hydrogens (tertiary/aromatic N) is 4. The second-order valence-electron chi connectivity index (χ2n) is 5.68. The van der Waals surface area contributed by atoms with Gasteiger partial charge in [-0.15, -0.1) is 10.2 Å². The zero-order valence-corrected chi connectivity index (χ0v) is 14.3. The van der Waals surface area contributed by atoms with E-state index in [0.29, 0.717) is 49.3 Å². The minimum atomic E-state index is -0.171. The van der Waals surface area contributed by atoms with Crippen molar-refractivity contribution in [1.29, 1.82) is 0 Å². The molecule has 1 saturated heterocycles. The van der Waals surface area contributed by atoms with Crippen molar-refractivity contribution in [2.24, 2.45) is 0 Å². The van der Waals surface area contributed by atoms with Crippen LogP contribution in [-0.4, -0.2) is 58.5 Å². The first-order valence-electron chi connectivity index (χ1n) is 7.97. The van der Waals surface area contributed by atoms with Gasteiger partial charge in [0.05, 0.1) is 0 Å². The van der Waals surface area contributed by atoms with Crippen LogP contribution in [0.15, 0.2) is 36.4 Å². The second-order valence-corrected chi connectivity index (χ2v) is 6.09. The summed E-state index contributed by atoms with van der Waals surface area (Å²) in [6.45, 7) is 2.62. The number of anilines is 1. The Morgan fingerprint density at radius 3 is 2.52 bits per heavy atom. The molecular formula is C17H18ClN5O2. The molecule has 0 spiro atoms. The summed E-state index contributed by atoms with van der Waals surface area (Å²) >= 11 is 6.11. The molecule has 2 amide bonds. The van der Waals surface area contributed by atoms with Gasteiger partial charge in [0, 0.05) is 37.7 Å². The molecule has 1 aromatic carbocycles. The fourth-order valence-electron chi connectivity index (χ4n) is 2.56. The van der Waals surface area contributed by atoms with Gasteiger partial charge in [-0.3, -0.25) is 9.59 Å². The molecule has 8 heteroatoms. The summed E-state index contributed by atoms with van der Waals surface area (Å²) in [7, 11) is 0. The van der Waals surface area contributed by atoms with Crippen LogP contribution in [0.3, 0.4) is 0 Å². The lowest BCUT2D eigenvalue weighted by Crippen LogP contribution is -2.48. The summed E-state index contributed by atoms with van der Waals surface area (Å²) in [6.07, 6.45) is 0.807. The monoisotopic (exact) mass is 359 g/mol. The van der Waals surface area contributed by atoms with Gasteiger partial charge in [0.25, 0.3) is 5.91 Å².